The van der Waals surface area contributed by atoms with Gasteiger partial charge in [-0.1, -0.05) is 37.3 Å². The van der Waals surface area contributed by atoms with Gasteiger partial charge < -0.3 is 9.80 Å². The molecule has 1 saturated heterocycles. The van der Waals surface area contributed by atoms with Crippen molar-refractivity contribution in [3.8, 4) is 0 Å². The van der Waals surface area contributed by atoms with Crippen molar-refractivity contribution in [2.75, 3.05) is 39.3 Å². The number of hydrogen-bond donors (Lipinski definition) is 0. The van der Waals surface area contributed by atoms with E-state index in [9.17, 15) is 9.59 Å². The van der Waals surface area contributed by atoms with Crippen LogP contribution in [0.2, 0.25) is 0 Å². The fourth-order valence-corrected chi connectivity index (χ4v) is 3.10. The summed E-state index contributed by atoms with van der Waals surface area (Å²) in [6.45, 7) is 6.43. The first-order chi connectivity index (χ1) is 11.7. The lowest BCUT2D eigenvalue weighted by molar-refractivity contribution is -0.141. The molecule has 1 fully saturated rings. The summed E-state index contributed by atoms with van der Waals surface area (Å²) in [5.41, 5.74) is 1.89. The number of nitrogens with zero attached hydrogens (tertiary/aromatic N) is 4. The van der Waals surface area contributed by atoms with Crippen molar-refractivity contribution in [2.45, 2.75) is 19.8 Å². The SMILES string of the molecule is CCN1CCN(C(=O)CN2N=C(c3ccccc3)CCC2=O)CC1. The lowest BCUT2D eigenvalue weighted by Crippen LogP contribution is -2.51. The number of carbonyl (C=O) groups is 2. The second-order valence-corrected chi connectivity index (χ2v) is 6.18. The molecule has 128 valence electrons. The number of amides is 2. The second kappa shape index (κ2) is 7.57. The molecule has 2 aliphatic heterocycles. The van der Waals surface area contributed by atoms with Crippen LogP contribution >= 0.6 is 0 Å². The Balaban J connectivity index is 1.65. The summed E-state index contributed by atoms with van der Waals surface area (Å²) in [5.74, 6) is -0.0904. The van der Waals surface area contributed by atoms with Gasteiger partial charge in [0, 0.05) is 39.0 Å². The van der Waals surface area contributed by atoms with Gasteiger partial charge in [-0.3, -0.25) is 9.59 Å². The van der Waals surface area contributed by atoms with E-state index in [-0.39, 0.29) is 18.4 Å². The van der Waals surface area contributed by atoms with Gasteiger partial charge >= 0.3 is 0 Å². The topological polar surface area (TPSA) is 56.2 Å². The molecule has 24 heavy (non-hydrogen) atoms. The van der Waals surface area contributed by atoms with Gasteiger partial charge in [-0.05, 0) is 12.1 Å². The second-order valence-electron chi connectivity index (χ2n) is 6.18. The van der Waals surface area contributed by atoms with Gasteiger partial charge in [-0.25, -0.2) is 5.01 Å². The Kier molecular flexibility index (Phi) is 5.25. The first kappa shape index (κ1) is 16.6. The minimum atomic E-state index is -0.0739. The third-order valence-corrected chi connectivity index (χ3v) is 4.67. The lowest BCUT2D eigenvalue weighted by Gasteiger charge is -2.35. The van der Waals surface area contributed by atoms with E-state index in [2.05, 4.69) is 16.9 Å². The highest BCUT2D eigenvalue weighted by Crippen LogP contribution is 2.15. The quantitative estimate of drug-likeness (QED) is 0.834. The number of likely N-dealkylation sites (N-methyl/N-ethyl adjacent to an activating group) is 1. The Labute approximate surface area is 142 Å². The van der Waals surface area contributed by atoms with Crippen LogP contribution in [0.3, 0.4) is 0 Å². The van der Waals surface area contributed by atoms with Gasteiger partial charge in [0.2, 0.25) is 11.8 Å². The first-order valence-electron chi connectivity index (χ1n) is 8.60. The zero-order chi connectivity index (χ0) is 16.9. The van der Waals surface area contributed by atoms with Crippen LogP contribution in [0.25, 0.3) is 0 Å². The molecule has 1 aromatic carbocycles. The predicted octanol–water partition coefficient (Wildman–Crippen LogP) is 1.18. The highest BCUT2D eigenvalue weighted by molar-refractivity contribution is 6.04. The van der Waals surface area contributed by atoms with E-state index in [1.807, 2.05) is 35.2 Å². The zero-order valence-electron chi connectivity index (χ0n) is 14.1. The standard InChI is InChI=1S/C18H24N4O2/c1-2-20-10-12-21(13-11-20)18(24)14-22-17(23)9-8-16(19-22)15-6-4-3-5-7-15/h3-7H,2,8-14H2,1H3. The fraction of sp³-hybridized carbons (Fsp3) is 0.500. The van der Waals surface area contributed by atoms with Crippen molar-refractivity contribution in [3.05, 3.63) is 35.9 Å². The highest BCUT2D eigenvalue weighted by atomic mass is 16.2. The Bertz CT molecular complexity index is 621. The summed E-state index contributed by atoms with van der Waals surface area (Å²) in [7, 11) is 0. The molecular formula is C18H24N4O2. The zero-order valence-corrected chi connectivity index (χ0v) is 14.1. The molecule has 0 aliphatic carbocycles. The summed E-state index contributed by atoms with van der Waals surface area (Å²) >= 11 is 0. The highest BCUT2D eigenvalue weighted by Gasteiger charge is 2.27. The smallest absolute Gasteiger partial charge is 0.244 e. The van der Waals surface area contributed by atoms with Crippen LogP contribution in [0.15, 0.2) is 35.4 Å². The molecule has 1 aromatic rings. The van der Waals surface area contributed by atoms with Crippen molar-refractivity contribution in [1.82, 2.24) is 14.8 Å². The fourth-order valence-electron chi connectivity index (χ4n) is 3.10. The van der Waals surface area contributed by atoms with E-state index >= 15 is 0 Å². The molecule has 6 nitrogen and oxygen atoms in total. The molecule has 2 amide bonds. The number of carbonyl (C=O) groups excluding carboxylic acids is 2. The van der Waals surface area contributed by atoms with Gasteiger partial charge in [0.05, 0.1) is 5.71 Å². The number of hydrazone groups is 1. The minimum Gasteiger partial charge on any atom is -0.339 e. The Morgan fingerprint density at radius 2 is 1.79 bits per heavy atom. The number of piperazine rings is 1. The summed E-state index contributed by atoms with van der Waals surface area (Å²) in [6, 6.07) is 9.83. The molecule has 6 heteroatoms. The lowest BCUT2D eigenvalue weighted by atomic mass is 10.0. The molecule has 0 atom stereocenters. The van der Waals surface area contributed by atoms with E-state index in [0.717, 1.165) is 44.0 Å². The van der Waals surface area contributed by atoms with E-state index in [1.165, 1.54) is 5.01 Å². The van der Waals surface area contributed by atoms with Crippen LogP contribution in [0.1, 0.15) is 25.3 Å². The van der Waals surface area contributed by atoms with E-state index in [0.29, 0.717) is 12.8 Å². The summed E-state index contributed by atoms with van der Waals surface area (Å²) < 4.78 is 0. The van der Waals surface area contributed by atoms with Crippen LogP contribution in [0.4, 0.5) is 0 Å². The molecule has 0 N–H and O–H groups in total. The molecule has 0 saturated carbocycles. The summed E-state index contributed by atoms with van der Waals surface area (Å²) in [4.78, 5) is 28.8. The van der Waals surface area contributed by atoms with Gasteiger partial charge in [-0.15, -0.1) is 0 Å². The molecule has 0 unspecified atom stereocenters. The van der Waals surface area contributed by atoms with Crippen LogP contribution < -0.4 is 0 Å². The van der Waals surface area contributed by atoms with Crippen molar-refractivity contribution < 1.29 is 9.59 Å². The minimum absolute atomic E-state index is 0.0165. The number of benzene rings is 1. The van der Waals surface area contributed by atoms with Crippen molar-refractivity contribution in [1.29, 1.82) is 0 Å². The largest absolute Gasteiger partial charge is 0.339 e. The molecular weight excluding hydrogens is 304 g/mol. The van der Waals surface area contributed by atoms with Crippen molar-refractivity contribution in [3.63, 3.8) is 0 Å². The Hall–Kier alpha value is -2.21. The maximum Gasteiger partial charge on any atom is 0.244 e. The maximum absolute atomic E-state index is 12.5. The third-order valence-electron chi connectivity index (χ3n) is 4.67. The monoisotopic (exact) mass is 328 g/mol. The normalized spacial score (nSPS) is 19.4. The van der Waals surface area contributed by atoms with E-state index in [4.69, 9.17) is 0 Å². The van der Waals surface area contributed by atoms with Gasteiger partial charge in [-0.2, -0.15) is 5.10 Å². The summed E-state index contributed by atoms with van der Waals surface area (Å²) in [6.07, 6.45) is 1.04. The molecule has 0 spiro atoms. The Morgan fingerprint density at radius 3 is 2.46 bits per heavy atom. The number of hydrogen-bond acceptors (Lipinski definition) is 4. The average molecular weight is 328 g/mol. The van der Waals surface area contributed by atoms with E-state index in [1.54, 1.807) is 0 Å². The predicted molar refractivity (Wildman–Crippen MR) is 92.6 cm³/mol. The summed E-state index contributed by atoms with van der Waals surface area (Å²) in [5, 5.41) is 5.79. The third kappa shape index (κ3) is 3.82. The van der Waals surface area contributed by atoms with Crippen LogP contribution in [-0.4, -0.2) is 71.6 Å². The van der Waals surface area contributed by atoms with Crippen LogP contribution in [-0.2, 0) is 9.59 Å². The first-order valence-corrected chi connectivity index (χ1v) is 8.60. The van der Waals surface area contributed by atoms with Gasteiger partial charge in [0.15, 0.2) is 0 Å². The van der Waals surface area contributed by atoms with Gasteiger partial charge in [0.1, 0.15) is 6.54 Å². The number of rotatable bonds is 4. The van der Waals surface area contributed by atoms with Crippen molar-refractivity contribution >= 4 is 17.5 Å². The molecule has 0 aromatic heterocycles. The Morgan fingerprint density at radius 1 is 1.08 bits per heavy atom. The molecule has 2 aliphatic rings. The van der Waals surface area contributed by atoms with Crippen molar-refractivity contribution in [2.24, 2.45) is 5.10 Å². The van der Waals surface area contributed by atoms with Crippen LogP contribution in [0.5, 0.6) is 0 Å². The maximum atomic E-state index is 12.5. The molecule has 3 rings (SSSR count). The molecule has 0 bridgehead atoms. The van der Waals surface area contributed by atoms with Crippen LogP contribution in [0, 0.1) is 0 Å². The van der Waals surface area contributed by atoms with Gasteiger partial charge in [0.25, 0.3) is 0 Å². The van der Waals surface area contributed by atoms with E-state index < -0.39 is 0 Å². The molecule has 2 heterocycles. The average Bonchev–Trinajstić information content (AvgIpc) is 2.64. The molecule has 0 radical (unpaired) electrons.